The van der Waals surface area contributed by atoms with Crippen LogP contribution in [-0.2, 0) is 9.53 Å². The van der Waals surface area contributed by atoms with E-state index in [1.807, 2.05) is 4.90 Å². The molecule has 16 heavy (non-hydrogen) atoms. The first-order chi connectivity index (χ1) is 7.81. The molecule has 4 heteroatoms. The van der Waals surface area contributed by atoms with Crippen molar-refractivity contribution in [2.75, 3.05) is 19.8 Å². The third-order valence-corrected chi connectivity index (χ3v) is 3.61. The molecular weight excluding hydrogens is 206 g/mol. The van der Waals surface area contributed by atoms with Crippen LogP contribution in [0.3, 0.4) is 0 Å². The average Bonchev–Trinajstić information content (AvgIpc) is 2.96. The maximum absolute atomic E-state index is 11.9. The van der Waals surface area contributed by atoms with E-state index in [0.29, 0.717) is 12.5 Å². The molecule has 0 bridgehead atoms. The zero-order valence-electron chi connectivity index (χ0n) is 9.73. The van der Waals surface area contributed by atoms with Crippen LogP contribution >= 0.6 is 0 Å². The zero-order chi connectivity index (χ0) is 11.4. The predicted octanol–water partition coefficient (Wildman–Crippen LogP) is 0.929. The van der Waals surface area contributed by atoms with Crippen LogP contribution in [0.1, 0.15) is 38.5 Å². The van der Waals surface area contributed by atoms with E-state index in [1.165, 1.54) is 0 Å². The van der Waals surface area contributed by atoms with Crippen molar-refractivity contribution in [3.8, 4) is 0 Å². The van der Waals surface area contributed by atoms with Gasteiger partial charge in [-0.1, -0.05) is 0 Å². The Balaban J connectivity index is 1.74. The van der Waals surface area contributed by atoms with E-state index in [1.54, 1.807) is 0 Å². The monoisotopic (exact) mass is 227 g/mol. The molecule has 0 aromatic heterocycles. The lowest BCUT2D eigenvalue weighted by molar-refractivity contribution is -0.133. The number of ether oxygens (including phenoxy) is 1. The van der Waals surface area contributed by atoms with E-state index in [9.17, 15) is 4.79 Å². The van der Waals surface area contributed by atoms with Crippen molar-refractivity contribution in [3.63, 3.8) is 0 Å². The van der Waals surface area contributed by atoms with Crippen LogP contribution in [0.15, 0.2) is 0 Å². The molecule has 2 aliphatic heterocycles. The molecule has 0 saturated carbocycles. The van der Waals surface area contributed by atoms with Gasteiger partial charge in [-0.3, -0.25) is 4.79 Å². The number of aliphatic hydroxyl groups excluding tert-OH is 1. The number of nitrogens with zero attached hydrogens (tertiary/aromatic N) is 1. The van der Waals surface area contributed by atoms with Gasteiger partial charge in [0.15, 0.2) is 0 Å². The predicted molar refractivity (Wildman–Crippen MR) is 60.0 cm³/mol. The number of likely N-dealkylation sites (tertiary alicyclic amines) is 1. The highest BCUT2D eigenvalue weighted by molar-refractivity contribution is 5.76. The second-order valence-electron chi connectivity index (χ2n) is 4.74. The summed E-state index contributed by atoms with van der Waals surface area (Å²) in [6.45, 7) is 1.77. The molecule has 2 aliphatic rings. The highest BCUT2D eigenvalue weighted by Gasteiger charge is 2.28. The minimum Gasteiger partial charge on any atom is -0.394 e. The van der Waals surface area contributed by atoms with E-state index >= 15 is 0 Å². The number of hydrogen-bond acceptors (Lipinski definition) is 3. The number of carbonyl (C=O) groups is 1. The van der Waals surface area contributed by atoms with Gasteiger partial charge in [-0.15, -0.1) is 0 Å². The molecule has 92 valence electrons. The van der Waals surface area contributed by atoms with Gasteiger partial charge in [0.25, 0.3) is 0 Å². The summed E-state index contributed by atoms with van der Waals surface area (Å²) in [5.41, 5.74) is 0. The van der Waals surface area contributed by atoms with Gasteiger partial charge < -0.3 is 14.7 Å². The Hall–Kier alpha value is -0.610. The van der Waals surface area contributed by atoms with Gasteiger partial charge in [0.2, 0.25) is 5.91 Å². The van der Waals surface area contributed by atoms with Crippen LogP contribution in [0.25, 0.3) is 0 Å². The molecule has 0 radical (unpaired) electrons. The number of hydrogen-bond donors (Lipinski definition) is 1. The van der Waals surface area contributed by atoms with Gasteiger partial charge in [-0.2, -0.15) is 0 Å². The van der Waals surface area contributed by atoms with Crippen LogP contribution in [0.4, 0.5) is 0 Å². The molecule has 0 aromatic carbocycles. The fourth-order valence-electron chi connectivity index (χ4n) is 2.65. The minimum atomic E-state index is 0.0667. The molecule has 0 aliphatic carbocycles. The SMILES string of the molecule is O=C(CCC1CCCO1)N1CCC[C@H]1CO. The van der Waals surface area contributed by atoms with E-state index < -0.39 is 0 Å². The first-order valence-corrected chi connectivity index (χ1v) is 6.33. The molecule has 0 spiro atoms. The molecule has 2 heterocycles. The van der Waals surface area contributed by atoms with Crippen molar-refractivity contribution in [1.82, 2.24) is 4.90 Å². The van der Waals surface area contributed by atoms with Crippen molar-refractivity contribution in [3.05, 3.63) is 0 Å². The Bertz CT molecular complexity index is 238. The van der Waals surface area contributed by atoms with E-state index in [0.717, 1.165) is 45.3 Å². The van der Waals surface area contributed by atoms with E-state index in [2.05, 4.69) is 0 Å². The van der Waals surface area contributed by atoms with Crippen LogP contribution in [0, 0.1) is 0 Å². The summed E-state index contributed by atoms with van der Waals surface area (Å²) in [6, 6.07) is 0.0667. The third kappa shape index (κ3) is 2.74. The molecule has 2 saturated heterocycles. The number of amides is 1. The molecule has 4 nitrogen and oxygen atoms in total. The second kappa shape index (κ2) is 5.64. The first kappa shape index (κ1) is 11.9. The molecule has 1 unspecified atom stereocenters. The zero-order valence-corrected chi connectivity index (χ0v) is 9.73. The van der Waals surface area contributed by atoms with Gasteiger partial charge in [0.1, 0.15) is 0 Å². The fraction of sp³-hybridized carbons (Fsp3) is 0.917. The summed E-state index contributed by atoms with van der Waals surface area (Å²) < 4.78 is 5.50. The molecule has 2 fully saturated rings. The molecule has 2 rings (SSSR count). The third-order valence-electron chi connectivity index (χ3n) is 3.61. The lowest BCUT2D eigenvalue weighted by Gasteiger charge is -2.23. The largest absolute Gasteiger partial charge is 0.394 e. The van der Waals surface area contributed by atoms with Crippen molar-refractivity contribution in [2.45, 2.75) is 50.7 Å². The Labute approximate surface area is 96.6 Å². The van der Waals surface area contributed by atoms with Crippen LogP contribution < -0.4 is 0 Å². The smallest absolute Gasteiger partial charge is 0.222 e. The molecule has 0 aromatic rings. The van der Waals surface area contributed by atoms with Gasteiger partial charge in [0, 0.05) is 19.6 Å². The topological polar surface area (TPSA) is 49.8 Å². The highest BCUT2D eigenvalue weighted by atomic mass is 16.5. The van der Waals surface area contributed by atoms with Gasteiger partial charge in [0.05, 0.1) is 18.8 Å². The number of aliphatic hydroxyl groups is 1. The lowest BCUT2D eigenvalue weighted by Crippen LogP contribution is -2.37. The lowest BCUT2D eigenvalue weighted by atomic mass is 10.1. The van der Waals surface area contributed by atoms with E-state index in [-0.39, 0.29) is 18.6 Å². The fourth-order valence-corrected chi connectivity index (χ4v) is 2.65. The van der Waals surface area contributed by atoms with Crippen molar-refractivity contribution >= 4 is 5.91 Å². The van der Waals surface area contributed by atoms with Crippen molar-refractivity contribution < 1.29 is 14.6 Å². The number of carbonyl (C=O) groups excluding carboxylic acids is 1. The van der Waals surface area contributed by atoms with Crippen molar-refractivity contribution in [2.24, 2.45) is 0 Å². The van der Waals surface area contributed by atoms with Crippen LogP contribution in [-0.4, -0.2) is 47.8 Å². The maximum atomic E-state index is 11.9. The normalized spacial score (nSPS) is 29.9. The van der Waals surface area contributed by atoms with E-state index in [4.69, 9.17) is 9.84 Å². The summed E-state index contributed by atoms with van der Waals surface area (Å²) in [6.07, 6.45) is 5.89. The minimum absolute atomic E-state index is 0.0667. The summed E-state index contributed by atoms with van der Waals surface area (Å²) in [7, 11) is 0. The van der Waals surface area contributed by atoms with Gasteiger partial charge in [-0.25, -0.2) is 0 Å². The van der Waals surface area contributed by atoms with Gasteiger partial charge >= 0.3 is 0 Å². The molecule has 1 N–H and O–H groups in total. The second-order valence-corrected chi connectivity index (χ2v) is 4.74. The van der Waals surface area contributed by atoms with Crippen LogP contribution in [0.5, 0.6) is 0 Å². The Morgan fingerprint density at radius 1 is 1.38 bits per heavy atom. The summed E-state index contributed by atoms with van der Waals surface area (Å²) >= 11 is 0. The Morgan fingerprint density at radius 3 is 2.94 bits per heavy atom. The highest BCUT2D eigenvalue weighted by Crippen LogP contribution is 2.21. The van der Waals surface area contributed by atoms with Gasteiger partial charge in [-0.05, 0) is 32.1 Å². The summed E-state index contributed by atoms with van der Waals surface area (Å²) in [4.78, 5) is 13.8. The maximum Gasteiger partial charge on any atom is 0.222 e. The Kier molecular flexibility index (Phi) is 4.18. The first-order valence-electron chi connectivity index (χ1n) is 6.33. The number of rotatable bonds is 4. The average molecular weight is 227 g/mol. The summed E-state index contributed by atoms with van der Waals surface area (Å²) in [5.74, 6) is 0.187. The quantitative estimate of drug-likeness (QED) is 0.777. The molecule has 1 amide bonds. The summed E-state index contributed by atoms with van der Waals surface area (Å²) in [5, 5.41) is 9.15. The standard InChI is InChI=1S/C12H21NO3/c14-9-10-3-1-7-13(10)12(15)6-5-11-4-2-8-16-11/h10-11,14H,1-9H2/t10-,11?/m0/s1. The molecular formula is C12H21NO3. The van der Waals surface area contributed by atoms with Crippen molar-refractivity contribution in [1.29, 1.82) is 0 Å². The molecule has 2 atom stereocenters. The van der Waals surface area contributed by atoms with Crippen LogP contribution in [0.2, 0.25) is 0 Å². The Morgan fingerprint density at radius 2 is 2.25 bits per heavy atom.